The maximum absolute atomic E-state index is 13.8. The number of aromatic nitrogens is 1. The predicted molar refractivity (Wildman–Crippen MR) is 132 cm³/mol. The van der Waals surface area contributed by atoms with Gasteiger partial charge in [0.15, 0.2) is 15.0 Å². The average molecular weight is 488 g/mol. The summed E-state index contributed by atoms with van der Waals surface area (Å²) in [4.78, 5) is 22.6. The van der Waals surface area contributed by atoms with Crippen molar-refractivity contribution in [3.8, 4) is 0 Å². The number of benzene rings is 2. The quantitative estimate of drug-likeness (QED) is 0.506. The summed E-state index contributed by atoms with van der Waals surface area (Å²) in [6, 6.07) is 10.6. The van der Waals surface area contributed by atoms with E-state index in [4.69, 9.17) is 9.72 Å². The van der Waals surface area contributed by atoms with Gasteiger partial charge in [-0.15, -0.1) is 0 Å². The van der Waals surface area contributed by atoms with Crippen LogP contribution in [0.2, 0.25) is 0 Å². The van der Waals surface area contributed by atoms with E-state index in [-0.39, 0.29) is 22.1 Å². The van der Waals surface area contributed by atoms with Gasteiger partial charge in [0.2, 0.25) is 0 Å². The third-order valence-electron chi connectivity index (χ3n) is 5.87. The van der Waals surface area contributed by atoms with Gasteiger partial charge in [-0.25, -0.2) is 13.4 Å². The number of anilines is 1. The summed E-state index contributed by atoms with van der Waals surface area (Å²) in [5.41, 5.74) is 3.26. The lowest BCUT2D eigenvalue weighted by Gasteiger charge is -2.29. The van der Waals surface area contributed by atoms with Crippen molar-refractivity contribution in [1.82, 2.24) is 9.88 Å². The molecule has 3 aromatic rings. The largest absolute Gasteiger partial charge is 0.379 e. The summed E-state index contributed by atoms with van der Waals surface area (Å²) in [5, 5.41) is 0.584. The molecule has 0 radical (unpaired) electrons. The van der Waals surface area contributed by atoms with Crippen LogP contribution in [-0.4, -0.2) is 69.4 Å². The third-order valence-corrected chi connectivity index (χ3v) is 8.68. The Hall–Kier alpha value is -2.33. The van der Waals surface area contributed by atoms with Crippen molar-refractivity contribution in [2.45, 2.75) is 25.7 Å². The molecule has 0 spiro atoms. The highest BCUT2D eigenvalue weighted by Crippen LogP contribution is 2.33. The first-order valence-corrected chi connectivity index (χ1v) is 13.6. The van der Waals surface area contributed by atoms with Crippen LogP contribution in [0.4, 0.5) is 5.13 Å². The number of hydrogen-bond donors (Lipinski definition) is 0. The van der Waals surface area contributed by atoms with Crippen LogP contribution in [0.15, 0.2) is 41.3 Å². The molecule has 7 nitrogen and oxygen atoms in total. The van der Waals surface area contributed by atoms with Gasteiger partial charge in [-0.05, 0) is 43.2 Å². The lowest BCUT2D eigenvalue weighted by Crippen LogP contribution is -2.43. The maximum atomic E-state index is 13.8. The highest BCUT2D eigenvalue weighted by atomic mass is 32.2. The number of carbonyl (C=O) groups is 1. The number of fused-ring (bicyclic) bond motifs is 1. The lowest BCUT2D eigenvalue weighted by atomic mass is 10.1. The maximum Gasteiger partial charge on any atom is 0.261 e. The fourth-order valence-corrected chi connectivity index (χ4v) is 6.29. The lowest BCUT2D eigenvalue weighted by molar-refractivity contribution is 0.0391. The van der Waals surface area contributed by atoms with Crippen LogP contribution in [-0.2, 0) is 14.6 Å². The molecule has 1 amide bonds. The molecule has 0 saturated carbocycles. The van der Waals surface area contributed by atoms with Crippen LogP contribution in [0.5, 0.6) is 0 Å². The van der Waals surface area contributed by atoms with Crippen molar-refractivity contribution in [2.75, 3.05) is 50.0 Å². The number of nitrogens with zero attached hydrogens (tertiary/aromatic N) is 3. The van der Waals surface area contributed by atoms with E-state index in [9.17, 15) is 13.2 Å². The number of hydrogen-bond acceptors (Lipinski definition) is 7. The van der Waals surface area contributed by atoms with E-state index in [0.29, 0.717) is 31.4 Å². The first-order valence-electron chi connectivity index (χ1n) is 11.1. The zero-order valence-electron chi connectivity index (χ0n) is 19.2. The van der Waals surface area contributed by atoms with Crippen molar-refractivity contribution in [2.24, 2.45) is 0 Å². The topological polar surface area (TPSA) is 79.8 Å². The van der Waals surface area contributed by atoms with Gasteiger partial charge in [-0.1, -0.05) is 36.5 Å². The number of morpholine rings is 1. The Kier molecular flexibility index (Phi) is 7.13. The van der Waals surface area contributed by atoms with Crippen molar-refractivity contribution in [3.05, 3.63) is 53.1 Å². The molecule has 4 rings (SSSR count). The molecule has 33 heavy (non-hydrogen) atoms. The summed E-state index contributed by atoms with van der Waals surface area (Å²) in [6.45, 7) is 9.67. The normalized spacial score (nSPS) is 15.1. The summed E-state index contributed by atoms with van der Waals surface area (Å²) in [5.74, 6) is -0.408. The minimum atomic E-state index is -3.55. The Bertz CT molecular complexity index is 1260. The number of sulfone groups is 1. The van der Waals surface area contributed by atoms with E-state index in [1.165, 1.54) is 17.4 Å². The smallest absolute Gasteiger partial charge is 0.261 e. The van der Waals surface area contributed by atoms with E-state index in [1.54, 1.807) is 30.0 Å². The van der Waals surface area contributed by atoms with E-state index in [1.807, 2.05) is 13.8 Å². The highest BCUT2D eigenvalue weighted by Gasteiger charge is 2.28. The minimum Gasteiger partial charge on any atom is -0.379 e. The van der Waals surface area contributed by atoms with Crippen molar-refractivity contribution >= 4 is 42.4 Å². The molecule has 1 saturated heterocycles. The van der Waals surface area contributed by atoms with Gasteiger partial charge in [0.05, 0.1) is 39.6 Å². The van der Waals surface area contributed by atoms with Crippen molar-refractivity contribution in [1.29, 1.82) is 0 Å². The molecular formula is C24H29N3O4S2. The number of thiazole rings is 1. The molecule has 1 aromatic heterocycles. The van der Waals surface area contributed by atoms with Gasteiger partial charge in [0.25, 0.3) is 5.91 Å². The summed E-state index contributed by atoms with van der Waals surface area (Å²) in [7, 11) is -3.55. The zero-order valence-corrected chi connectivity index (χ0v) is 20.8. The molecule has 1 fully saturated rings. The van der Waals surface area contributed by atoms with E-state index in [0.717, 1.165) is 34.4 Å². The second-order valence-corrected chi connectivity index (χ2v) is 11.5. The van der Waals surface area contributed by atoms with Gasteiger partial charge < -0.3 is 4.74 Å². The molecule has 176 valence electrons. The van der Waals surface area contributed by atoms with Gasteiger partial charge in [-0.3, -0.25) is 14.6 Å². The first-order chi connectivity index (χ1) is 15.8. The highest BCUT2D eigenvalue weighted by molar-refractivity contribution is 7.91. The second-order valence-electron chi connectivity index (χ2n) is 8.24. The van der Waals surface area contributed by atoms with Gasteiger partial charge >= 0.3 is 0 Å². The van der Waals surface area contributed by atoms with Crippen LogP contribution in [0.3, 0.4) is 0 Å². The summed E-state index contributed by atoms with van der Waals surface area (Å²) >= 11 is 1.46. The number of carbonyl (C=O) groups excluding carboxylic acids is 1. The fourth-order valence-electron chi connectivity index (χ4n) is 4.04. The monoisotopic (exact) mass is 487 g/mol. The molecular weight excluding hydrogens is 458 g/mol. The molecule has 2 aromatic carbocycles. The molecule has 9 heteroatoms. The Labute approximate surface area is 198 Å². The molecule has 1 aliphatic rings. The van der Waals surface area contributed by atoms with Crippen LogP contribution in [0.25, 0.3) is 10.2 Å². The van der Waals surface area contributed by atoms with Crippen LogP contribution >= 0.6 is 11.3 Å². The van der Waals surface area contributed by atoms with Gasteiger partial charge in [0, 0.05) is 26.2 Å². The second kappa shape index (κ2) is 9.89. The van der Waals surface area contributed by atoms with E-state index in [2.05, 4.69) is 17.0 Å². The van der Waals surface area contributed by atoms with E-state index >= 15 is 0 Å². The Morgan fingerprint density at radius 3 is 2.64 bits per heavy atom. The van der Waals surface area contributed by atoms with Gasteiger partial charge in [-0.2, -0.15) is 0 Å². The molecule has 0 aliphatic carbocycles. The van der Waals surface area contributed by atoms with Crippen LogP contribution < -0.4 is 4.90 Å². The van der Waals surface area contributed by atoms with E-state index < -0.39 is 9.84 Å². The standard InChI is InChI=1S/C24H29N3O4S2/c1-4-33(29,30)21-8-6-5-7-19(21)23(28)27(10-9-26-11-13-31-14-12-26)24-25-22-18(3)15-17(2)16-20(22)32-24/h5-8,15-16H,4,9-14H2,1-3H3. The number of aryl methyl sites for hydroxylation is 2. The van der Waals surface area contributed by atoms with Crippen molar-refractivity contribution < 1.29 is 17.9 Å². The minimum absolute atomic E-state index is 0.0648. The Morgan fingerprint density at radius 2 is 1.91 bits per heavy atom. The number of rotatable bonds is 7. The van der Waals surface area contributed by atoms with Gasteiger partial charge in [0.1, 0.15) is 0 Å². The first kappa shape index (κ1) is 23.8. The summed E-state index contributed by atoms with van der Waals surface area (Å²) < 4.78 is 31.9. The fraction of sp³-hybridized carbons (Fsp3) is 0.417. The number of ether oxygens (including phenoxy) is 1. The molecule has 0 N–H and O–H groups in total. The Morgan fingerprint density at radius 1 is 1.18 bits per heavy atom. The molecule has 1 aliphatic heterocycles. The molecule has 2 heterocycles. The summed E-state index contributed by atoms with van der Waals surface area (Å²) in [6.07, 6.45) is 0. The molecule has 0 unspecified atom stereocenters. The van der Waals surface area contributed by atoms with Crippen LogP contribution in [0, 0.1) is 13.8 Å². The zero-order chi connectivity index (χ0) is 23.6. The molecule has 0 atom stereocenters. The number of amides is 1. The average Bonchev–Trinajstić information content (AvgIpc) is 3.24. The molecule has 0 bridgehead atoms. The SMILES string of the molecule is CCS(=O)(=O)c1ccccc1C(=O)N(CCN1CCOCC1)c1nc2c(C)cc(C)cc2s1. The Balaban J connectivity index is 1.75. The van der Waals surface area contributed by atoms with Crippen LogP contribution in [0.1, 0.15) is 28.4 Å². The van der Waals surface area contributed by atoms with Crippen molar-refractivity contribution in [3.63, 3.8) is 0 Å². The third kappa shape index (κ3) is 5.11. The predicted octanol–water partition coefficient (Wildman–Crippen LogP) is 3.69.